The SMILES string of the molecule is CC/C=C\C/C=C\C/C=C\C/C=C\C/C=C\C/C=C\C/C=C\CCCCCCCCCCCCCCCC(=O)OC(COC(=O)CCCCCCCCCCC/C=C\CCCCCCCCCC)COC(OCC[N+](C)(C)C)C(=O)O. The number of quaternary nitrogens is 1. The molecule has 0 aliphatic rings. The number of carbonyl (C=O) groups is 3. The van der Waals surface area contributed by atoms with E-state index in [-0.39, 0.29) is 32.2 Å². The van der Waals surface area contributed by atoms with Crippen molar-refractivity contribution in [3.63, 3.8) is 0 Å². The Labute approximate surface area is 499 Å². The second kappa shape index (κ2) is 62.3. The van der Waals surface area contributed by atoms with Gasteiger partial charge in [-0.25, -0.2) is 4.79 Å². The minimum atomic E-state index is -1.51. The predicted octanol–water partition coefficient (Wildman–Crippen LogP) is 20.5. The van der Waals surface area contributed by atoms with E-state index >= 15 is 0 Å². The third kappa shape index (κ3) is 63.6. The van der Waals surface area contributed by atoms with Crippen LogP contribution in [0.25, 0.3) is 0 Å². The quantitative estimate of drug-likeness (QED) is 0.0211. The molecule has 0 spiro atoms. The van der Waals surface area contributed by atoms with Crippen molar-refractivity contribution in [1.29, 1.82) is 0 Å². The van der Waals surface area contributed by atoms with Crippen molar-refractivity contribution in [3.05, 3.63) is 97.2 Å². The molecular weight excluding hydrogens is 1010 g/mol. The summed E-state index contributed by atoms with van der Waals surface area (Å²) in [6, 6.07) is 0. The molecule has 2 unspecified atom stereocenters. The molecule has 1 N–H and O–H groups in total. The highest BCUT2D eigenvalue weighted by molar-refractivity contribution is 5.71. The summed E-state index contributed by atoms with van der Waals surface area (Å²) in [6.45, 7) is 4.78. The fourth-order valence-electron chi connectivity index (χ4n) is 9.23. The molecule has 9 heteroatoms. The predicted molar refractivity (Wildman–Crippen MR) is 345 cm³/mol. The topological polar surface area (TPSA) is 108 Å². The molecule has 0 aliphatic heterocycles. The van der Waals surface area contributed by atoms with E-state index in [1.54, 1.807) is 0 Å². The van der Waals surface area contributed by atoms with Gasteiger partial charge in [-0.1, -0.05) is 272 Å². The number of nitrogens with zero attached hydrogens (tertiary/aromatic N) is 1. The van der Waals surface area contributed by atoms with Gasteiger partial charge in [0.25, 0.3) is 6.29 Å². The normalized spacial score (nSPS) is 13.3. The van der Waals surface area contributed by atoms with Crippen molar-refractivity contribution in [2.45, 2.75) is 296 Å². The monoisotopic (exact) mass is 1130 g/mol. The number of aliphatic carboxylic acids is 1. The van der Waals surface area contributed by atoms with Crippen molar-refractivity contribution < 1.29 is 42.9 Å². The number of rotatable bonds is 61. The maximum atomic E-state index is 12.9. The fraction of sp³-hybridized carbons (Fsp3) is 0.736. The van der Waals surface area contributed by atoms with Crippen LogP contribution in [-0.2, 0) is 33.3 Å². The minimum absolute atomic E-state index is 0.185. The van der Waals surface area contributed by atoms with E-state index in [4.69, 9.17) is 18.9 Å². The average Bonchev–Trinajstić information content (AvgIpc) is 3.44. The van der Waals surface area contributed by atoms with Gasteiger partial charge in [-0.05, 0) is 96.3 Å². The van der Waals surface area contributed by atoms with Crippen molar-refractivity contribution in [2.24, 2.45) is 0 Å². The second-order valence-electron chi connectivity index (χ2n) is 23.4. The first kappa shape index (κ1) is 77.2. The Morgan fingerprint density at radius 1 is 0.383 bits per heavy atom. The molecule has 0 fully saturated rings. The molecule has 0 aromatic carbocycles. The molecule has 466 valence electrons. The largest absolute Gasteiger partial charge is 0.477 e. The van der Waals surface area contributed by atoms with E-state index < -0.39 is 24.3 Å². The summed E-state index contributed by atoms with van der Waals surface area (Å²) in [5, 5.41) is 9.73. The molecule has 81 heavy (non-hydrogen) atoms. The van der Waals surface area contributed by atoms with Crippen molar-refractivity contribution in [2.75, 3.05) is 47.5 Å². The van der Waals surface area contributed by atoms with Gasteiger partial charge in [0.15, 0.2) is 6.10 Å². The number of hydrogen-bond donors (Lipinski definition) is 1. The third-order valence-electron chi connectivity index (χ3n) is 14.3. The number of hydrogen-bond acceptors (Lipinski definition) is 7. The molecule has 0 heterocycles. The van der Waals surface area contributed by atoms with Crippen molar-refractivity contribution >= 4 is 17.9 Å². The summed E-state index contributed by atoms with van der Waals surface area (Å²) in [5.41, 5.74) is 0. The van der Waals surface area contributed by atoms with E-state index in [1.165, 1.54) is 167 Å². The molecule has 0 bridgehead atoms. The third-order valence-corrected chi connectivity index (χ3v) is 14.3. The maximum Gasteiger partial charge on any atom is 0.361 e. The molecule has 0 saturated heterocycles. The number of likely N-dealkylation sites (N-methyl/N-ethyl adjacent to an activating group) is 1. The van der Waals surface area contributed by atoms with E-state index in [2.05, 4.69) is 111 Å². The van der Waals surface area contributed by atoms with Gasteiger partial charge in [-0.3, -0.25) is 9.59 Å². The molecule has 9 nitrogen and oxygen atoms in total. The highest BCUT2D eigenvalue weighted by atomic mass is 16.7. The van der Waals surface area contributed by atoms with Crippen molar-refractivity contribution in [3.8, 4) is 0 Å². The van der Waals surface area contributed by atoms with Crippen LogP contribution in [0.3, 0.4) is 0 Å². The Morgan fingerprint density at radius 2 is 0.704 bits per heavy atom. The highest BCUT2D eigenvalue weighted by Gasteiger charge is 2.25. The van der Waals surface area contributed by atoms with E-state index in [1.807, 2.05) is 21.1 Å². The molecule has 0 radical (unpaired) electrons. The Morgan fingerprint density at radius 3 is 1.06 bits per heavy atom. The summed E-state index contributed by atoms with van der Waals surface area (Å²) >= 11 is 0. The second-order valence-corrected chi connectivity index (χ2v) is 23.4. The smallest absolute Gasteiger partial charge is 0.361 e. The van der Waals surface area contributed by atoms with Gasteiger partial charge in [0.05, 0.1) is 34.4 Å². The van der Waals surface area contributed by atoms with Crippen LogP contribution in [0.5, 0.6) is 0 Å². The van der Waals surface area contributed by atoms with Gasteiger partial charge in [-0.15, -0.1) is 0 Å². The maximum absolute atomic E-state index is 12.9. The molecule has 0 aliphatic carbocycles. The lowest BCUT2D eigenvalue weighted by molar-refractivity contribution is -0.870. The van der Waals surface area contributed by atoms with Crippen LogP contribution in [0.15, 0.2) is 97.2 Å². The van der Waals surface area contributed by atoms with E-state index in [9.17, 15) is 19.5 Å². The zero-order chi connectivity index (χ0) is 59.1. The zero-order valence-corrected chi connectivity index (χ0v) is 53.2. The lowest BCUT2D eigenvalue weighted by atomic mass is 10.0. The standard InChI is InChI=1S/C72H125NO8/c1-6-8-10-12-14-16-18-20-22-24-26-28-29-30-31-32-33-34-35-36-37-38-39-40-41-43-45-47-49-51-53-55-57-59-61-63-70(75)81-68(67-80-72(71(76)77)78-65-64-73(3,4)5)66-79-69(74)62-60-58-56-54-52-50-48-46-44-42-27-25-23-21-19-17-15-13-11-9-7-2/h8,10,14,16,20,22,25-28,30-31,33-34,36-37,68,72H,6-7,9,11-13,15,17-19,21,23-24,29,32,35,38-67H2,1-5H3/p+1/b10-8-,16-14-,22-20-,27-25-,28-26-,31-30-,34-33-,37-36-. The Hall–Kier alpha value is -3.79. The van der Waals surface area contributed by atoms with Crippen LogP contribution < -0.4 is 0 Å². The summed E-state index contributed by atoms with van der Waals surface area (Å²) in [6.07, 6.45) is 82.2. The number of allylic oxidation sites excluding steroid dienone is 16. The molecule has 0 rings (SSSR count). The average molecular weight is 1130 g/mol. The Kier molecular flexibility index (Phi) is 59.3. The first-order valence-electron chi connectivity index (χ1n) is 33.4. The minimum Gasteiger partial charge on any atom is -0.477 e. The van der Waals surface area contributed by atoms with Gasteiger partial charge in [0, 0.05) is 12.8 Å². The Balaban J connectivity index is 4.14. The number of ether oxygens (including phenoxy) is 4. The van der Waals surface area contributed by atoms with Gasteiger partial charge < -0.3 is 28.5 Å². The van der Waals surface area contributed by atoms with Crippen LogP contribution in [-0.4, -0.2) is 87.4 Å². The van der Waals surface area contributed by atoms with Gasteiger partial charge in [-0.2, -0.15) is 0 Å². The summed E-state index contributed by atoms with van der Waals surface area (Å²) in [4.78, 5) is 37.6. The molecular formula is C72H126NO8+. The number of carbonyl (C=O) groups excluding carboxylic acids is 2. The summed E-state index contributed by atoms with van der Waals surface area (Å²) in [7, 11) is 5.97. The van der Waals surface area contributed by atoms with Crippen molar-refractivity contribution in [1.82, 2.24) is 0 Å². The first-order valence-corrected chi connectivity index (χ1v) is 33.4. The molecule has 0 aromatic rings. The number of esters is 2. The number of carboxylic acids is 1. The lowest BCUT2D eigenvalue weighted by Crippen LogP contribution is -2.40. The van der Waals surface area contributed by atoms with Gasteiger partial charge in [0.1, 0.15) is 13.2 Å². The molecule has 0 saturated carbocycles. The summed E-state index contributed by atoms with van der Waals surface area (Å²) < 4.78 is 23.0. The van der Waals surface area contributed by atoms with Crippen LogP contribution >= 0.6 is 0 Å². The van der Waals surface area contributed by atoms with Crippen LogP contribution in [0.1, 0.15) is 284 Å². The van der Waals surface area contributed by atoms with Crippen LogP contribution in [0.2, 0.25) is 0 Å². The van der Waals surface area contributed by atoms with Gasteiger partial charge in [0.2, 0.25) is 0 Å². The Bertz CT molecular complexity index is 1650. The summed E-state index contributed by atoms with van der Waals surface area (Å²) in [5.74, 6) is -2.00. The number of carboxylic acid groups (broad SMARTS) is 1. The molecule has 2 atom stereocenters. The van der Waals surface area contributed by atoms with Crippen LogP contribution in [0, 0.1) is 0 Å². The fourth-order valence-corrected chi connectivity index (χ4v) is 9.23. The van der Waals surface area contributed by atoms with E-state index in [0.717, 1.165) is 83.5 Å². The molecule has 0 aromatic heterocycles. The first-order chi connectivity index (χ1) is 39.6. The molecule has 0 amide bonds. The highest BCUT2D eigenvalue weighted by Crippen LogP contribution is 2.17. The zero-order valence-electron chi connectivity index (χ0n) is 53.2. The van der Waals surface area contributed by atoms with Crippen LogP contribution in [0.4, 0.5) is 0 Å². The van der Waals surface area contributed by atoms with Gasteiger partial charge >= 0.3 is 17.9 Å². The van der Waals surface area contributed by atoms with E-state index in [0.29, 0.717) is 23.9 Å². The number of unbranched alkanes of at least 4 members (excludes halogenated alkanes) is 30. The lowest BCUT2D eigenvalue weighted by Gasteiger charge is -2.25.